The fourth-order valence-electron chi connectivity index (χ4n) is 5.07. The molecule has 42 heavy (non-hydrogen) atoms. The van der Waals surface area contributed by atoms with E-state index in [4.69, 9.17) is 4.74 Å². The Bertz CT molecular complexity index is 1520. The van der Waals surface area contributed by atoms with Crippen LogP contribution in [0.3, 0.4) is 0 Å². The van der Waals surface area contributed by atoms with E-state index < -0.39 is 6.67 Å². The number of nitrogens with one attached hydrogen (secondary N) is 2. The molecule has 1 fully saturated rings. The highest BCUT2D eigenvalue weighted by atomic mass is 19.1. The minimum absolute atomic E-state index is 0.0975. The number of aliphatic hydroxyl groups excluding tert-OH is 1. The van der Waals surface area contributed by atoms with E-state index in [1.165, 1.54) is 4.57 Å². The lowest BCUT2D eigenvalue weighted by atomic mass is 10.1. The van der Waals surface area contributed by atoms with Crippen LogP contribution < -0.4 is 20.3 Å². The van der Waals surface area contributed by atoms with Gasteiger partial charge in [-0.3, -0.25) is 14.3 Å². The second-order valence-corrected chi connectivity index (χ2v) is 10.1. The molecule has 11 heteroatoms. The molecule has 0 aliphatic carbocycles. The van der Waals surface area contributed by atoms with E-state index in [1.54, 1.807) is 60.7 Å². The summed E-state index contributed by atoms with van der Waals surface area (Å²) in [5.74, 6) is 0.681. The van der Waals surface area contributed by atoms with Gasteiger partial charge < -0.3 is 25.4 Å². The molecule has 0 spiro atoms. The van der Waals surface area contributed by atoms with Crippen molar-refractivity contribution < 1.29 is 23.8 Å². The first-order valence-corrected chi connectivity index (χ1v) is 14.0. The molecule has 3 N–H and O–H groups in total. The lowest BCUT2D eigenvalue weighted by molar-refractivity contribution is 0.0755. The van der Waals surface area contributed by atoms with Crippen molar-refractivity contribution in [2.45, 2.75) is 18.9 Å². The summed E-state index contributed by atoms with van der Waals surface area (Å²) in [5.41, 5.74) is 2.59. The number of piperidine rings is 1. The van der Waals surface area contributed by atoms with E-state index in [0.29, 0.717) is 29.4 Å². The van der Waals surface area contributed by atoms with Gasteiger partial charge in [-0.15, -0.1) is 0 Å². The van der Waals surface area contributed by atoms with Crippen LogP contribution in [0.15, 0.2) is 73.1 Å². The van der Waals surface area contributed by atoms with E-state index >= 15 is 0 Å². The first-order chi connectivity index (χ1) is 20.4. The predicted molar refractivity (Wildman–Crippen MR) is 161 cm³/mol. The molecule has 220 valence electrons. The van der Waals surface area contributed by atoms with Gasteiger partial charge in [0, 0.05) is 67.5 Å². The van der Waals surface area contributed by atoms with Crippen LogP contribution in [0.1, 0.15) is 23.2 Å². The van der Waals surface area contributed by atoms with Crippen molar-refractivity contribution in [2.75, 3.05) is 56.7 Å². The van der Waals surface area contributed by atoms with Crippen molar-refractivity contribution >= 4 is 40.0 Å². The number of rotatable bonds is 10. The number of pyridine rings is 1. The Labute approximate surface area is 243 Å². The number of hydrogen-bond acceptors (Lipinski definition) is 7. The summed E-state index contributed by atoms with van der Waals surface area (Å²) in [6.07, 6.45) is 4.64. The zero-order chi connectivity index (χ0) is 29.5. The number of ether oxygens (including phenoxy) is 1. The highest BCUT2D eigenvalue weighted by Crippen LogP contribution is 2.30. The van der Waals surface area contributed by atoms with E-state index in [0.717, 1.165) is 49.1 Å². The van der Waals surface area contributed by atoms with Gasteiger partial charge in [0.15, 0.2) is 0 Å². The third-order valence-corrected chi connectivity index (χ3v) is 7.37. The average molecular weight is 575 g/mol. The predicted octanol–water partition coefficient (Wildman–Crippen LogP) is 4.42. The number of benzene rings is 2. The third kappa shape index (κ3) is 6.87. The summed E-state index contributed by atoms with van der Waals surface area (Å²) in [5, 5.41) is 15.9. The van der Waals surface area contributed by atoms with Crippen molar-refractivity contribution in [3.63, 3.8) is 0 Å². The second kappa shape index (κ2) is 13.5. The number of nitrogens with zero attached hydrogens (tertiary/aromatic N) is 4. The molecule has 0 unspecified atom stereocenters. The average Bonchev–Trinajstić information content (AvgIpc) is 3.44. The van der Waals surface area contributed by atoms with Crippen LogP contribution in [0.4, 0.5) is 26.4 Å². The van der Waals surface area contributed by atoms with Crippen LogP contribution in [0, 0.1) is 0 Å². The van der Waals surface area contributed by atoms with Gasteiger partial charge in [0.1, 0.15) is 24.8 Å². The normalized spacial score (nSPS) is 14.1. The van der Waals surface area contributed by atoms with E-state index in [-0.39, 0.29) is 24.6 Å². The second-order valence-electron chi connectivity index (χ2n) is 10.1. The largest absolute Gasteiger partial charge is 0.492 e. The van der Waals surface area contributed by atoms with Gasteiger partial charge in [0.05, 0.1) is 18.2 Å². The number of carbonyl (C=O) groups excluding carboxylic acids is 2. The molecule has 1 aliphatic rings. The smallest absolute Gasteiger partial charge is 0.325 e. The van der Waals surface area contributed by atoms with Crippen molar-refractivity contribution in [3.8, 4) is 5.75 Å². The first kappa shape index (κ1) is 29.0. The third-order valence-electron chi connectivity index (χ3n) is 7.37. The Morgan fingerprint density at radius 1 is 1.07 bits per heavy atom. The fraction of sp³-hybridized carbons (Fsp3) is 0.323. The molecule has 10 nitrogen and oxygen atoms in total. The number of likely N-dealkylation sites (tertiary alicyclic amines) is 1. The SMILES string of the molecule is CNC(=O)n1ccc2cc(N(CCF)c3ccnc(NC(=O)c4ccc(OCCN5CCC(O)CC5)cc4)c3)ccc21. The number of fused-ring (bicyclic) bond motifs is 1. The monoisotopic (exact) mass is 574 g/mol. The van der Waals surface area contributed by atoms with Gasteiger partial charge in [-0.25, -0.2) is 14.2 Å². The molecule has 0 atom stereocenters. The van der Waals surface area contributed by atoms with Crippen LogP contribution in [0.5, 0.6) is 5.75 Å². The Balaban J connectivity index is 1.23. The molecular formula is C31H35FN6O4. The lowest BCUT2D eigenvalue weighted by Gasteiger charge is -2.29. The van der Waals surface area contributed by atoms with Gasteiger partial charge in [-0.05, 0) is 67.4 Å². The number of amides is 2. The van der Waals surface area contributed by atoms with Crippen molar-refractivity contribution in [3.05, 3.63) is 78.6 Å². The number of carbonyl (C=O) groups is 2. The van der Waals surface area contributed by atoms with Crippen molar-refractivity contribution in [1.29, 1.82) is 0 Å². The minimum atomic E-state index is -0.586. The fourth-order valence-corrected chi connectivity index (χ4v) is 5.07. The summed E-state index contributed by atoms with van der Waals surface area (Å²) in [6, 6.07) is 17.5. The number of alkyl halides is 1. The number of aliphatic hydroxyl groups is 1. The topological polar surface area (TPSA) is 112 Å². The molecular weight excluding hydrogens is 539 g/mol. The Morgan fingerprint density at radius 2 is 1.83 bits per heavy atom. The number of anilines is 3. The molecule has 0 radical (unpaired) electrons. The van der Waals surface area contributed by atoms with Crippen LogP contribution in [-0.2, 0) is 0 Å². The first-order valence-electron chi connectivity index (χ1n) is 14.0. The summed E-state index contributed by atoms with van der Waals surface area (Å²) in [6.45, 7) is 2.56. The minimum Gasteiger partial charge on any atom is -0.492 e. The number of hydrogen-bond donors (Lipinski definition) is 3. The van der Waals surface area contributed by atoms with Gasteiger partial charge in [0.25, 0.3) is 5.91 Å². The van der Waals surface area contributed by atoms with Crippen molar-refractivity contribution in [1.82, 2.24) is 19.8 Å². The van der Waals surface area contributed by atoms with Gasteiger partial charge in [0.2, 0.25) is 0 Å². The molecule has 2 aromatic carbocycles. The molecule has 2 amide bonds. The van der Waals surface area contributed by atoms with E-state index in [2.05, 4.69) is 20.5 Å². The number of halogens is 1. The molecule has 0 saturated carbocycles. The highest BCUT2D eigenvalue weighted by molar-refractivity contribution is 6.04. The Hall–Kier alpha value is -4.48. The Kier molecular flexibility index (Phi) is 9.30. The summed E-state index contributed by atoms with van der Waals surface area (Å²) in [7, 11) is 1.57. The molecule has 4 aromatic rings. The maximum absolute atomic E-state index is 13.6. The van der Waals surface area contributed by atoms with E-state index in [1.807, 2.05) is 24.3 Å². The molecule has 0 bridgehead atoms. The van der Waals surface area contributed by atoms with Crippen molar-refractivity contribution in [2.24, 2.45) is 0 Å². The Morgan fingerprint density at radius 3 is 2.57 bits per heavy atom. The van der Waals surface area contributed by atoms with Crippen LogP contribution in [0.25, 0.3) is 10.9 Å². The van der Waals surface area contributed by atoms with Crippen LogP contribution >= 0.6 is 0 Å². The van der Waals surface area contributed by atoms with Crippen LogP contribution in [-0.4, -0.2) is 84.1 Å². The molecule has 3 heterocycles. The molecule has 1 saturated heterocycles. The maximum atomic E-state index is 13.6. The quantitative estimate of drug-likeness (QED) is 0.257. The molecule has 5 rings (SSSR count). The lowest BCUT2D eigenvalue weighted by Crippen LogP contribution is -2.38. The van der Waals surface area contributed by atoms with Gasteiger partial charge in [-0.2, -0.15) is 0 Å². The zero-order valence-corrected chi connectivity index (χ0v) is 23.5. The van der Waals surface area contributed by atoms with E-state index in [9.17, 15) is 19.1 Å². The summed E-state index contributed by atoms with van der Waals surface area (Å²) < 4.78 is 21.0. The number of aromatic nitrogens is 2. The van der Waals surface area contributed by atoms with Crippen LogP contribution in [0.2, 0.25) is 0 Å². The highest BCUT2D eigenvalue weighted by Gasteiger charge is 2.17. The maximum Gasteiger partial charge on any atom is 0.325 e. The summed E-state index contributed by atoms with van der Waals surface area (Å²) >= 11 is 0. The molecule has 1 aliphatic heterocycles. The molecule has 2 aromatic heterocycles. The van der Waals surface area contributed by atoms with Gasteiger partial charge in [-0.1, -0.05) is 0 Å². The zero-order valence-electron chi connectivity index (χ0n) is 23.5. The van der Waals surface area contributed by atoms with Gasteiger partial charge >= 0.3 is 6.03 Å². The standard InChI is InChI=1S/C31H35FN6O4/c1-33-31(41)38-16-9-23-20-24(4-7-28(23)38)37(17-12-32)25-8-13-34-29(21-25)35-30(40)22-2-5-27(6-3-22)42-19-18-36-14-10-26(39)11-15-36/h2-9,13,16,20-21,26,39H,10-12,14-15,17-19H2,1H3,(H,33,41)(H,34,35,40). The summed E-state index contributed by atoms with van der Waals surface area (Å²) in [4.78, 5) is 33.4.